The molecule has 0 fully saturated rings. The van der Waals surface area contributed by atoms with Gasteiger partial charge in [-0.1, -0.05) is 30.3 Å². The van der Waals surface area contributed by atoms with Crippen LogP contribution in [0.25, 0.3) is 0 Å². The minimum atomic E-state index is -0.0113. The number of carbonyl (C=O) groups excluding carboxylic acids is 2. The summed E-state index contributed by atoms with van der Waals surface area (Å²) in [4.78, 5) is 25.7. The quantitative estimate of drug-likeness (QED) is 0.661. The van der Waals surface area contributed by atoms with E-state index >= 15 is 0 Å². The average Bonchev–Trinajstić information content (AvgIpc) is 2.67. The van der Waals surface area contributed by atoms with Crippen LogP contribution in [0.1, 0.15) is 44.6 Å². The van der Waals surface area contributed by atoms with Crippen molar-refractivity contribution in [2.45, 2.75) is 20.3 Å². The lowest BCUT2D eigenvalue weighted by Crippen LogP contribution is -2.00. The number of benzene rings is 1. The van der Waals surface area contributed by atoms with Gasteiger partial charge in [0.2, 0.25) is 0 Å². The number of ketones is 1. The van der Waals surface area contributed by atoms with E-state index in [1.165, 1.54) is 6.92 Å². The van der Waals surface area contributed by atoms with Crippen LogP contribution in [0.5, 0.6) is 0 Å². The van der Waals surface area contributed by atoms with Crippen molar-refractivity contribution in [3.05, 3.63) is 58.4 Å². The Kier molecular flexibility index (Phi) is 3.42. The van der Waals surface area contributed by atoms with Crippen molar-refractivity contribution in [1.29, 1.82) is 0 Å². The molecular formula is C15H15NO2. The molecule has 0 atom stereocenters. The van der Waals surface area contributed by atoms with E-state index < -0.39 is 0 Å². The molecule has 92 valence electrons. The molecule has 1 aromatic carbocycles. The lowest BCUT2D eigenvalue weighted by molar-refractivity contribution is 0.101. The van der Waals surface area contributed by atoms with Gasteiger partial charge in [-0.3, -0.25) is 9.59 Å². The third kappa shape index (κ3) is 2.25. The van der Waals surface area contributed by atoms with Gasteiger partial charge >= 0.3 is 0 Å². The highest BCUT2D eigenvalue weighted by Gasteiger charge is 2.18. The zero-order chi connectivity index (χ0) is 13.1. The highest BCUT2D eigenvalue weighted by atomic mass is 16.1. The molecule has 0 unspecified atom stereocenters. The van der Waals surface area contributed by atoms with Gasteiger partial charge in [0.05, 0.1) is 5.69 Å². The fourth-order valence-corrected chi connectivity index (χ4v) is 2.26. The molecule has 1 aromatic heterocycles. The number of hydrogen-bond acceptors (Lipinski definition) is 2. The number of aryl methyl sites for hydroxylation is 1. The maximum atomic E-state index is 11.7. The Morgan fingerprint density at radius 2 is 1.94 bits per heavy atom. The number of aromatic amines is 1. The second-order valence-corrected chi connectivity index (χ2v) is 4.35. The first-order valence-electron chi connectivity index (χ1n) is 5.85. The van der Waals surface area contributed by atoms with Crippen molar-refractivity contribution >= 4 is 12.1 Å². The Bertz CT molecular complexity index is 582. The number of hydrogen-bond donors (Lipinski definition) is 1. The molecule has 0 saturated heterocycles. The Labute approximate surface area is 106 Å². The fourth-order valence-electron chi connectivity index (χ4n) is 2.26. The van der Waals surface area contributed by atoms with Gasteiger partial charge < -0.3 is 4.98 Å². The molecule has 1 N–H and O–H groups in total. The maximum absolute atomic E-state index is 11.7. The van der Waals surface area contributed by atoms with Crippen molar-refractivity contribution in [3.8, 4) is 0 Å². The number of Topliss-reactive ketones (excluding diaryl/α,β-unsaturated/α-hetero) is 1. The van der Waals surface area contributed by atoms with E-state index in [0.29, 0.717) is 17.7 Å². The Balaban J connectivity index is 2.48. The fraction of sp³-hybridized carbons (Fsp3) is 0.200. The van der Waals surface area contributed by atoms with Crippen LogP contribution in [-0.2, 0) is 6.42 Å². The molecule has 0 bridgehead atoms. The molecule has 3 heteroatoms. The number of H-pyrrole nitrogens is 1. The molecule has 0 radical (unpaired) electrons. The zero-order valence-electron chi connectivity index (χ0n) is 10.5. The number of aromatic nitrogens is 1. The van der Waals surface area contributed by atoms with E-state index in [9.17, 15) is 9.59 Å². The van der Waals surface area contributed by atoms with Crippen molar-refractivity contribution in [3.63, 3.8) is 0 Å². The lowest BCUT2D eigenvalue weighted by atomic mass is 9.98. The van der Waals surface area contributed by atoms with E-state index in [2.05, 4.69) is 4.98 Å². The van der Waals surface area contributed by atoms with Crippen molar-refractivity contribution in [1.82, 2.24) is 4.98 Å². The molecule has 0 spiro atoms. The summed E-state index contributed by atoms with van der Waals surface area (Å²) in [5.74, 6) is -0.0113. The minimum absolute atomic E-state index is 0.0113. The molecule has 0 saturated carbocycles. The first-order valence-corrected chi connectivity index (χ1v) is 5.85. The molecule has 0 aliphatic carbocycles. The summed E-state index contributed by atoms with van der Waals surface area (Å²) in [6.45, 7) is 3.34. The van der Waals surface area contributed by atoms with Gasteiger partial charge in [0.15, 0.2) is 12.1 Å². The summed E-state index contributed by atoms with van der Waals surface area (Å²) in [5, 5.41) is 0. The van der Waals surface area contributed by atoms with Crippen LogP contribution >= 0.6 is 0 Å². The number of rotatable bonds is 4. The normalized spacial score (nSPS) is 10.3. The van der Waals surface area contributed by atoms with Crippen LogP contribution in [0.3, 0.4) is 0 Å². The molecule has 0 aliphatic rings. The van der Waals surface area contributed by atoms with E-state index in [1.807, 2.05) is 37.3 Å². The second kappa shape index (κ2) is 5.00. The molecule has 3 nitrogen and oxygen atoms in total. The number of carbonyl (C=O) groups is 2. The van der Waals surface area contributed by atoms with Gasteiger partial charge in [-0.15, -0.1) is 0 Å². The molecule has 0 amide bonds. The third-order valence-electron chi connectivity index (χ3n) is 3.02. The summed E-state index contributed by atoms with van der Waals surface area (Å²) in [6.07, 6.45) is 1.37. The first kappa shape index (κ1) is 12.3. The van der Waals surface area contributed by atoms with Gasteiger partial charge in [0, 0.05) is 17.7 Å². The number of aldehydes is 1. The monoisotopic (exact) mass is 241 g/mol. The summed E-state index contributed by atoms with van der Waals surface area (Å²) in [5.41, 5.74) is 3.78. The van der Waals surface area contributed by atoms with E-state index in [1.54, 1.807) is 0 Å². The zero-order valence-corrected chi connectivity index (χ0v) is 10.5. The topological polar surface area (TPSA) is 49.9 Å². The van der Waals surface area contributed by atoms with Crippen molar-refractivity contribution in [2.24, 2.45) is 0 Å². The van der Waals surface area contributed by atoms with Gasteiger partial charge in [-0.25, -0.2) is 0 Å². The maximum Gasteiger partial charge on any atom is 0.166 e. The predicted octanol–water partition coefficient (Wildman–Crippen LogP) is 2.93. The minimum Gasteiger partial charge on any atom is -0.356 e. The molecule has 2 rings (SSSR count). The average molecular weight is 241 g/mol. The summed E-state index contributed by atoms with van der Waals surface area (Å²) in [6, 6.07) is 9.81. The SMILES string of the molecule is CC(=O)c1c(C)[nH]c(C=O)c1Cc1ccccc1. The van der Waals surface area contributed by atoms with Gasteiger partial charge in [0.25, 0.3) is 0 Å². The summed E-state index contributed by atoms with van der Waals surface area (Å²) >= 11 is 0. The van der Waals surface area contributed by atoms with Gasteiger partial charge in [-0.05, 0) is 25.0 Å². The van der Waals surface area contributed by atoms with Gasteiger partial charge in [-0.2, -0.15) is 0 Å². The molecular weight excluding hydrogens is 226 g/mol. The van der Waals surface area contributed by atoms with Crippen LogP contribution in [0.4, 0.5) is 0 Å². The van der Waals surface area contributed by atoms with Crippen LogP contribution in [0.2, 0.25) is 0 Å². The van der Waals surface area contributed by atoms with Crippen molar-refractivity contribution in [2.75, 3.05) is 0 Å². The standard InChI is InChI=1S/C15H15NO2/c1-10-15(11(2)18)13(14(9-17)16-10)8-12-6-4-3-5-7-12/h3-7,9,16H,8H2,1-2H3. The van der Waals surface area contributed by atoms with Crippen LogP contribution in [0.15, 0.2) is 30.3 Å². The number of nitrogens with one attached hydrogen (secondary N) is 1. The van der Waals surface area contributed by atoms with E-state index in [4.69, 9.17) is 0 Å². The van der Waals surface area contributed by atoms with Crippen LogP contribution in [-0.4, -0.2) is 17.1 Å². The highest BCUT2D eigenvalue weighted by molar-refractivity contribution is 5.99. The van der Waals surface area contributed by atoms with Crippen LogP contribution < -0.4 is 0 Å². The first-order chi connectivity index (χ1) is 8.63. The van der Waals surface area contributed by atoms with Gasteiger partial charge in [0.1, 0.15) is 0 Å². The van der Waals surface area contributed by atoms with Crippen molar-refractivity contribution < 1.29 is 9.59 Å². The second-order valence-electron chi connectivity index (χ2n) is 4.35. The molecule has 1 heterocycles. The summed E-state index contributed by atoms with van der Waals surface area (Å²) < 4.78 is 0. The van der Waals surface area contributed by atoms with E-state index in [-0.39, 0.29) is 5.78 Å². The molecule has 0 aliphatic heterocycles. The Hall–Kier alpha value is -2.16. The third-order valence-corrected chi connectivity index (χ3v) is 3.02. The Morgan fingerprint density at radius 1 is 1.28 bits per heavy atom. The molecule has 2 aromatic rings. The largest absolute Gasteiger partial charge is 0.356 e. The van der Waals surface area contributed by atoms with Crippen LogP contribution in [0, 0.1) is 6.92 Å². The predicted molar refractivity (Wildman–Crippen MR) is 70.2 cm³/mol. The Morgan fingerprint density at radius 3 is 2.50 bits per heavy atom. The van der Waals surface area contributed by atoms with E-state index in [0.717, 1.165) is 23.1 Å². The molecule has 18 heavy (non-hydrogen) atoms. The smallest absolute Gasteiger partial charge is 0.166 e. The lowest BCUT2D eigenvalue weighted by Gasteiger charge is -2.03. The highest BCUT2D eigenvalue weighted by Crippen LogP contribution is 2.21. The summed E-state index contributed by atoms with van der Waals surface area (Å²) in [7, 11) is 0.